The van der Waals surface area contributed by atoms with E-state index in [0.29, 0.717) is 11.9 Å². The van der Waals surface area contributed by atoms with Crippen LogP contribution < -0.4 is 4.90 Å². The lowest BCUT2D eigenvalue weighted by Gasteiger charge is -2.37. The fourth-order valence-electron chi connectivity index (χ4n) is 3.10. The van der Waals surface area contributed by atoms with Gasteiger partial charge in [0, 0.05) is 37.4 Å². The van der Waals surface area contributed by atoms with Gasteiger partial charge in [0.1, 0.15) is 5.82 Å². The Balaban J connectivity index is 2.19. The highest BCUT2D eigenvalue weighted by atomic mass is 35.5. The van der Waals surface area contributed by atoms with Gasteiger partial charge < -0.3 is 9.80 Å². The van der Waals surface area contributed by atoms with E-state index in [-0.39, 0.29) is 0 Å². The second kappa shape index (κ2) is 6.77. The molecule has 0 aromatic carbocycles. The van der Waals surface area contributed by atoms with E-state index in [1.807, 2.05) is 0 Å². The molecule has 0 saturated carbocycles. The molecule has 4 heteroatoms. The predicted molar refractivity (Wildman–Crippen MR) is 86.8 cm³/mol. The zero-order valence-corrected chi connectivity index (χ0v) is 13.9. The monoisotopic (exact) mass is 295 g/mol. The van der Waals surface area contributed by atoms with E-state index in [1.165, 1.54) is 37.1 Å². The molecule has 0 unspecified atom stereocenters. The van der Waals surface area contributed by atoms with Crippen molar-refractivity contribution in [2.24, 2.45) is 0 Å². The quantitative estimate of drug-likeness (QED) is 0.794. The molecule has 0 spiro atoms. The first kappa shape index (κ1) is 15.6. The number of piperidine rings is 1. The number of likely N-dealkylation sites (tertiary alicyclic amines) is 1. The van der Waals surface area contributed by atoms with Crippen molar-refractivity contribution in [1.82, 2.24) is 9.88 Å². The van der Waals surface area contributed by atoms with Gasteiger partial charge in [-0.3, -0.25) is 0 Å². The Bertz CT molecular complexity index is 453. The fourth-order valence-corrected chi connectivity index (χ4v) is 3.43. The number of aromatic nitrogens is 1. The Morgan fingerprint density at radius 3 is 2.55 bits per heavy atom. The van der Waals surface area contributed by atoms with Crippen LogP contribution >= 0.6 is 11.6 Å². The van der Waals surface area contributed by atoms with Gasteiger partial charge in [0.25, 0.3) is 0 Å². The van der Waals surface area contributed by atoms with Crippen LogP contribution in [0.3, 0.4) is 0 Å². The highest BCUT2D eigenvalue weighted by molar-refractivity contribution is 6.17. The molecule has 112 valence electrons. The second-order valence-electron chi connectivity index (χ2n) is 5.79. The Labute approximate surface area is 127 Å². The molecule has 1 fully saturated rings. The van der Waals surface area contributed by atoms with Gasteiger partial charge >= 0.3 is 0 Å². The second-order valence-corrected chi connectivity index (χ2v) is 6.06. The summed E-state index contributed by atoms with van der Waals surface area (Å²) in [5, 5.41) is 0. The lowest BCUT2D eigenvalue weighted by atomic mass is 10.0. The minimum Gasteiger partial charge on any atom is -0.356 e. The number of hydrogen-bond donors (Lipinski definition) is 0. The summed E-state index contributed by atoms with van der Waals surface area (Å²) in [6, 6.07) is 2.70. The number of nitrogens with zero attached hydrogens (tertiary/aromatic N) is 3. The van der Waals surface area contributed by atoms with Crippen molar-refractivity contribution in [2.45, 2.75) is 45.5 Å². The number of alkyl halides is 1. The number of aryl methyl sites for hydroxylation is 2. The van der Waals surface area contributed by atoms with Gasteiger partial charge in [0.2, 0.25) is 0 Å². The summed E-state index contributed by atoms with van der Waals surface area (Å²) in [4.78, 5) is 9.61. The van der Waals surface area contributed by atoms with Gasteiger partial charge in [-0.15, -0.1) is 11.6 Å². The zero-order valence-electron chi connectivity index (χ0n) is 13.1. The molecule has 1 aromatic heterocycles. The summed E-state index contributed by atoms with van der Waals surface area (Å²) in [7, 11) is 2.17. The predicted octanol–water partition coefficient (Wildman–Crippen LogP) is 3.36. The van der Waals surface area contributed by atoms with Crippen molar-refractivity contribution in [3.8, 4) is 0 Å². The first-order valence-corrected chi connectivity index (χ1v) is 8.08. The average Bonchev–Trinajstić information content (AvgIpc) is 2.46. The summed E-state index contributed by atoms with van der Waals surface area (Å²) < 4.78 is 0. The third-order valence-electron chi connectivity index (χ3n) is 4.47. The lowest BCUT2D eigenvalue weighted by molar-refractivity contribution is 0.220. The lowest BCUT2D eigenvalue weighted by Crippen LogP contribution is -2.44. The van der Waals surface area contributed by atoms with Crippen molar-refractivity contribution in [1.29, 1.82) is 0 Å². The maximum Gasteiger partial charge on any atom is 0.133 e. The molecule has 0 amide bonds. The molecule has 0 atom stereocenters. The van der Waals surface area contributed by atoms with Crippen molar-refractivity contribution in [3.63, 3.8) is 0 Å². The van der Waals surface area contributed by atoms with Gasteiger partial charge in [-0.25, -0.2) is 4.98 Å². The summed E-state index contributed by atoms with van der Waals surface area (Å²) >= 11 is 6.14. The molecule has 1 aliphatic rings. The van der Waals surface area contributed by atoms with Crippen LogP contribution in [0.2, 0.25) is 0 Å². The molecule has 0 radical (unpaired) electrons. The largest absolute Gasteiger partial charge is 0.356 e. The minimum atomic E-state index is 0.534. The van der Waals surface area contributed by atoms with Crippen LogP contribution in [0.5, 0.6) is 0 Å². The maximum absolute atomic E-state index is 6.14. The number of anilines is 1. The van der Waals surface area contributed by atoms with E-state index in [0.717, 1.165) is 18.1 Å². The molecule has 0 bridgehead atoms. The minimum absolute atomic E-state index is 0.534. The summed E-state index contributed by atoms with van der Waals surface area (Å²) in [5.74, 6) is 1.61. The number of rotatable bonds is 4. The van der Waals surface area contributed by atoms with Gasteiger partial charge in [0.15, 0.2) is 0 Å². The van der Waals surface area contributed by atoms with Crippen LogP contribution in [0.1, 0.15) is 36.6 Å². The van der Waals surface area contributed by atoms with Crippen LogP contribution in [0.15, 0.2) is 6.07 Å². The Morgan fingerprint density at radius 2 is 2.00 bits per heavy atom. The average molecular weight is 296 g/mol. The Morgan fingerprint density at radius 1 is 1.35 bits per heavy atom. The third kappa shape index (κ3) is 3.26. The highest BCUT2D eigenvalue weighted by Crippen LogP contribution is 2.27. The van der Waals surface area contributed by atoms with E-state index in [1.54, 1.807) is 0 Å². The first-order chi connectivity index (χ1) is 9.56. The van der Waals surface area contributed by atoms with E-state index >= 15 is 0 Å². The van der Waals surface area contributed by atoms with Crippen molar-refractivity contribution in [3.05, 3.63) is 22.9 Å². The summed E-state index contributed by atoms with van der Waals surface area (Å²) in [5.41, 5.74) is 3.50. The van der Waals surface area contributed by atoms with E-state index < -0.39 is 0 Å². The third-order valence-corrected chi connectivity index (χ3v) is 4.74. The smallest absolute Gasteiger partial charge is 0.133 e. The molecule has 3 nitrogen and oxygen atoms in total. The number of pyridine rings is 1. The zero-order chi connectivity index (χ0) is 14.7. The van der Waals surface area contributed by atoms with Crippen LogP contribution in [0.25, 0.3) is 0 Å². The molecule has 1 aromatic rings. The normalized spacial score (nSPS) is 17.4. The molecule has 0 aliphatic carbocycles. The van der Waals surface area contributed by atoms with Gasteiger partial charge in [-0.05, 0) is 44.9 Å². The maximum atomic E-state index is 6.14. The molecule has 2 heterocycles. The Hall–Kier alpha value is -0.800. The number of hydrogen-bond acceptors (Lipinski definition) is 3. The van der Waals surface area contributed by atoms with E-state index in [2.05, 4.69) is 43.7 Å². The van der Waals surface area contributed by atoms with Crippen LogP contribution in [0, 0.1) is 13.8 Å². The molecule has 20 heavy (non-hydrogen) atoms. The number of halogens is 1. The molecule has 0 N–H and O–H groups in total. The van der Waals surface area contributed by atoms with E-state index in [9.17, 15) is 0 Å². The summed E-state index contributed by atoms with van der Waals surface area (Å²) in [6.07, 6.45) is 2.42. The molecule has 1 aliphatic heterocycles. The molecular formula is C16H26ClN3. The topological polar surface area (TPSA) is 19.4 Å². The highest BCUT2D eigenvalue weighted by Gasteiger charge is 2.24. The van der Waals surface area contributed by atoms with Crippen molar-refractivity contribution in [2.75, 3.05) is 31.6 Å². The molecule has 1 saturated heterocycles. The van der Waals surface area contributed by atoms with Gasteiger partial charge in [0.05, 0.1) is 5.88 Å². The SMILES string of the molecule is CCN1CCC(N(C)c2nc(C)cc(C)c2CCl)CC1. The van der Waals surface area contributed by atoms with Gasteiger partial charge in [-0.1, -0.05) is 6.92 Å². The van der Waals surface area contributed by atoms with Gasteiger partial charge in [-0.2, -0.15) is 0 Å². The van der Waals surface area contributed by atoms with Crippen LogP contribution in [-0.2, 0) is 5.88 Å². The van der Waals surface area contributed by atoms with Crippen molar-refractivity contribution >= 4 is 17.4 Å². The molecular weight excluding hydrogens is 270 g/mol. The van der Waals surface area contributed by atoms with Crippen molar-refractivity contribution < 1.29 is 0 Å². The molecule has 2 rings (SSSR count). The first-order valence-electron chi connectivity index (χ1n) is 7.55. The van der Waals surface area contributed by atoms with Crippen LogP contribution in [-0.4, -0.2) is 42.6 Å². The fraction of sp³-hybridized carbons (Fsp3) is 0.688. The standard InChI is InChI=1S/C16H26ClN3/c1-5-20-8-6-14(7-9-20)19(4)16-15(11-17)12(2)10-13(3)18-16/h10,14H,5-9,11H2,1-4H3. The van der Waals surface area contributed by atoms with E-state index in [4.69, 9.17) is 16.6 Å². The van der Waals surface area contributed by atoms with Crippen LogP contribution in [0.4, 0.5) is 5.82 Å². The Kier molecular flexibility index (Phi) is 5.28. The summed E-state index contributed by atoms with van der Waals surface area (Å²) in [6.45, 7) is 9.96.